The maximum absolute atomic E-state index is 14.2. The van der Waals surface area contributed by atoms with Crippen molar-refractivity contribution in [3.63, 3.8) is 0 Å². The molecule has 1 fully saturated rings. The van der Waals surface area contributed by atoms with Gasteiger partial charge in [0.25, 0.3) is 0 Å². The monoisotopic (exact) mass is 508 g/mol. The second-order valence-corrected chi connectivity index (χ2v) is 11.5. The predicted octanol–water partition coefficient (Wildman–Crippen LogP) is 4.04. The minimum absolute atomic E-state index is 0.00373. The van der Waals surface area contributed by atoms with Crippen molar-refractivity contribution in [3.8, 4) is 0 Å². The summed E-state index contributed by atoms with van der Waals surface area (Å²) in [5.41, 5.74) is 4.14. The first-order valence-electron chi connectivity index (χ1n) is 13.0. The fourth-order valence-corrected chi connectivity index (χ4v) is 5.90. The normalized spacial score (nSPS) is 23.4. The zero-order chi connectivity index (χ0) is 26.1. The molecular weight excluding hydrogens is 467 g/mol. The molecule has 0 saturated carbocycles. The van der Waals surface area contributed by atoms with Gasteiger partial charge in [0.15, 0.2) is 0 Å². The first kappa shape index (κ1) is 26.8. The number of likely N-dealkylation sites (N-methyl/N-ethyl adjacent to an activating group) is 1. The third-order valence-electron chi connectivity index (χ3n) is 7.87. The van der Waals surface area contributed by atoms with E-state index in [-0.39, 0.29) is 17.4 Å². The Balaban J connectivity index is 1.76. The summed E-state index contributed by atoms with van der Waals surface area (Å²) in [6, 6.07) is 14.8. The van der Waals surface area contributed by atoms with Crippen LogP contribution in [0.5, 0.6) is 0 Å². The van der Waals surface area contributed by atoms with Gasteiger partial charge in [0.2, 0.25) is 5.91 Å². The van der Waals surface area contributed by atoms with Crippen molar-refractivity contribution >= 4 is 31.9 Å². The van der Waals surface area contributed by atoms with E-state index in [1.165, 1.54) is 5.56 Å². The Morgan fingerprint density at radius 2 is 1.89 bits per heavy atom. The van der Waals surface area contributed by atoms with E-state index in [1.807, 2.05) is 5.01 Å². The molecule has 2 aromatic carbocycles. The molecular formula is C29H41N4O2P. The molecule has 2 aromatic rings. The molecule has 1 amide bonds. The highest BCUT2D eigenvalue weighted by Crippen LogP contribution is 2.43. The van der Waals surface area contributed by atoms with E-state index in [4.69, 9.17) is 9.84 Å². The summed E-state index contributed by atoms with van der Waals surface area (Å²) in [5.74, 6) is -0.0490. The number of hydrogen-bond acceptors (Lipinski definition) is 5. The van der Waals surface area contributed by atoms with Gasteiger partial charge >= 0.3 is 0 Å². The molecule has 4 rings (SSSR count). The number of hydrogen-bond donors (Lipinski definition) is 1. The van der Waals surface area contributed by atoms with E-state index in [2.05, 4.69) is 96.7 Å². The van der Waals surface area contributed by atoms with Gasteiger partial charge in [-0.25, -0.2) is 5.01 Å². The first-order chi connectivity index (χ1) is 17.1. The van der Waals surface area contributed by atoms with Crippen LogP contribution < -0.4 is 15.6 Å². The Morgan fingerprint density at radius 3 is 2.47 bits per heavy atom. The average molecular weight is 509 g/mol. The molecule has 3 unspecified atom stereocenters. The number of nitrogens with zero attached hydrogens (tertiary/aromatic N) is 3. The average Bonchev–Trinajstić information content (AvgIpc) is 3.13. The number of unbranched alkanes of at least 4 members (excludes halogenated alkanes) is 1. The minimum Gasteiger partial charge on any atom is -0.374 e. The van der Waals surface area contributed by atoms with Crippen molar-refractivity contribution in [2.24, 2.45) is 11.0 Å². The van der Waals surface area contributed by atoms with Crippen LogP contribution >= 0.6 is 9.24 Å². The molecule has 2 aliphatic rings. The van der Waals surface area contributed by atoms with E-state index in [9.17, 15) is 4.79 Å². The summed E-state index contributed by atoms with van der Waals surface area (Å²) >= 11 is 0. The third kappa shape index (κ3) is 4.96. The fraction of sp³-hybridized carbons (Fsp3) is 0.517. The number of likely N-dealkylation sites (tertiary alicyclic amines) is 1. The molecule has 1 N–H and O–H groups in total. The molecule has 7 heteroatoms. The first-order valence-corrected chi connectivity index (χ1v) is 13.5. The van der Waals surface area contributed by atoms with Crippen molar-refractivity contribution in [3.05, 3.63) is 59.2 Å². The van der Waals surface area contributed by atoms with Gasteiger partial charge in [0, 0.05) is 32.7 Å². The number of ether oxygens (including phenoxy) is 1. The van der Waals surface area contributed by atoms with Gasteiger partial charge in [-0.15, -0.1) is 9.24 Å². The second kappa shape index (κ2) is 10.6. The van der Waals surface area contributed by atoms with Gasteiger partial charge < -0.3 is 15.0 Å². The smallest absolute Gasteiger partial charge is 0.248 e. The second-order valence-electron chi connectivity index (χ2n) is 10.8. The van der Waals surface area contributed by atoms with Crippen LogP contribution in [0.2, 0.25) is 0 Å². The van der Waals surface area contributed by atoms with Gasteiger partial charge in [-0.05, 0) is 56.7 Å². The maximum Gasteiger partial charge on any atom is 0.248 e. The Bertz CT molecular complexity index is 1130. The number of methoxy groups -OCH3 is 1. The molecule has 2 heterocycles. The van der Waals surface area contributed by atoms with Gasteiger partial charge in [-0.1, -0.05) is 61.7 Å². The molecule has 6 nitrogen and oxygen atoms in total. The highest BCUT2D eigenvalue weighted by Gasteiger charge is 2.54. The van der Waals surface area contributed by atoms with Crippen LogP contribution in [-0.2, 0) is 9.53 Å². The molecule has 0 bridgehead atoms. The van der Waals surface area contributed by atoms with E-state index in [0.717, 1.165) is 60.2 Å². The lowest BCUT2D eigenvalue weighted by Crippen LogP contribution is -2.68. The molecule has 0 aliphatic carbocycles. The molecule has 0 spiro atoms. The molecule has 36 heavy (non-hydrogen) atoms. The van der Waals surface area contributed by atoms with Crippen LogP contribution in [0, 0.1) is 19.8 Å². The van der Waals surface area contributed by atoms with Gasteiger partial charge in [0.1, 0.15) is 11.1 Å². The SMILES string of the molecule is CCCCC1C(c2ccc(P)cc2)=NN(c2ccc(C)cc2C)C1(C)C(=O)NCC1(OC)CN(C)C1. The molecule has 1 saturated heterocycles. The Kier molecular flexibility index (Phi) is 7.89. The largest absolute Gasteiger partial charge is 0.374 e. The number of rotatable bonds is 9. The quantitative estimate of drug-likeness (QED) is 0.520. The highest BCUT2D eigenvalue weighted by molar-refractivity contribution is 7.27. The molecule has 2 aliphatic heterocycles. The number of carbonyl (C=O) groups excluding carboxylic acids is 1. The van der Waals surface area contributed by atoms with Crippen molar-refractivity contribution in [1.29, 1.82) is 0 Å². The lowest BCUT2D eigenvalue weighted by Gasteiger charge is -2.48. The van der Waals surface area contributed by atoms with Crippen LogP contribution in [0.15, 0.2) is 47.6 Å². The fourth-order valence-electron chi connectivity index (χ4n) is 5.71. The van der Waals surface area contributed by atoms with Gasteiger partial charge in [-0.2, -0.15) is 5.10 Å². The van der Waals surface area contributed by atoms with Crippen LogP contribution in [0.3, 0.4) is 0 Å². The summed E-state index contributed by atoms with van der Waals surface area (Å²) < 4.78 is 5.83. The summed E-state index contributed by atoms with van der Waals surface area (Å²) in [6.07, 6.45) is 2.98. The lowest BCUT2D eigenvalue weighted by atomic mass is 9.76. The van der Waals surface area contributed by atoms with Crippen LogP contribution in [0.4, 0.5) is 5.69 Å². The number of anilines is 1. The standard InChI is InChI=1S/C29H41N4O2P/c1-7-8-9-24-26(22-11-13-23(36)14-12-22)31-33(25-15-10-20(2)16-21(25)3)28(24,4)27(34)30-17-29(35-6)18-32(5)19-29/h10-16,24H,7-9,17-19,36H2,1-6H3,(H,30,34). The van der Waals surface area contributed by atoms with Crippen LogP contribution in [0.1, 0.15) is 49.8 Å². The number of benzene rings is 2. The van der Waals surface area contributed by atoms with Crippen molar-refractivity contribution in [1.82, 2.24) is 10.2 Å². The Labute approximate surface area is 218 Å². The van der Waals surface area contributed by atoms with Gasteiger partial charge in [0.05, 0.1) is 11.4 Å². The van der Waals surface area contributed by atoms with Crippen molar-refractivity contribution < 1.29 is 9.53 Å². The van der Waals surface area contributed by atoms with E-state index in [1.54, 1.807) is 7.11 Å². The van der Waals surface area contributed by atoms with Crippen LogP contribution in [0.25, 0.3) is 0 Å². The summed E-state index contributed by atoms with van der Waals surface area (Å²) in [7, 11) is 6.55. The zero-order valence-corrected chi connectivity index (χ0v) is 23.8. The van der Waals surface area contributed by atoms with E-state index in [0.29, 0.717) is 6.54 Å². The van der Waals surface area contributed by atoms with Crippen LogP contribution in [-0.4, -0.2) is 61.5 Å². The predicted molar refractivity (Wildman–Crippen MR) is 152 cm³/mol. The molecule has 0 aromatic heterocycles. The summed E-state index contributed by atoms with van der Waals surface area (Å²) in [6.45, 7) is 10.6. The van der Waals surface area contributed by atoms with Crippen molar-refractivity contribution in [2.75, 3.05) is 38.8 Å². The lowest BCUT2D eigenvalue weighted by molar-refractivity contribution is -0.135. The number of amides is 1. The number of aryl methyl sites for hydroxylation is 2. The molecule has 0 radical (unpaired) electrons. The zero-order valence-electron chi connectivity index (χ0n) is 22.6. The summed E-state index contributed by atoms with van der Waals surface area (Å²) in [4.78, 5) is 16.4. The number of hydrazone groups is 1. The Morgan fingerprint density at radius 1 is 1.19 bits per heavy atom. The minimum atomic E-state index is -0.866. The number of carbonyl (C=O) groups is 1. The molecule has 194 valence electrons. The molecule has 3 atom stereocenters. The Hall–Kier alpha value is -2.27. The highest BCUT2D eigenvalue weighted by atomic mass is 31.0. The van der Waals surface area contributed by atoms with E-state index < -0.39 is 5.54 Å². The van der Waals surface area contributed by atoms with Gasteiger partial charge in [-0.3, -0.25) is 4.79 Å². The third-order valence-corrected chi connectivity index (χ3v) is 8.25. The number of nitrogens with one attached hydrogen (secondary N) is 1. The van der Waals surface area contributed by atoms with E-state index >= 15 is 0 Å². The van der Waals surface area contributed by atoms with Crippen molar-refractivity contribution in [2.45, 2.75) is 58.1 Å². The topological polar surface area (TPSA) is 57.2 Å². The maximum atomic E-state index is 14.2. The summed E-state index contributed by atoms with van der Waals surface area (Å²) in [5, 5.41) is 11.6.